The third-order valence-electron chi connectivity index (χ3n) is 8.15. The van der Waals surface area contributed by atoms with Gasteiger partial charge in [0.15, 0.2) is 11.8 Å². The van der Waals surface area contributed by atoms with Crippen molar-refractivity contribution in [2.45, 2.75) is 50.4 Å². The Morgan fingerprint density at radius 3 is 2.51 bits per heavy atom. The average Bonchev–Trinajstić information content (AvgIpc) is 3.25. The molecule has 0 aliphatic carbocycles. The van der Waals surface area contributed by atoms with E-state index in [0.29, 0.717) is 54.8 Å². The van der Waals surface area contributed by atoms with E-state index in [9.17, 15) is 18.0 Å². The molecule has 218 valence electrons. The number of hydrogen-bond donors (Lipinski definition) is 0. The van der Waals surface area contributed by atoms with Crippen molar-refractivity contribution in [3.63, 3.8) is 0 Å². The number of hydrogen-bond acceptors (Lipinski definition) is 7. The number of halogens is 3. The molecule has 1 unspecified atom stereocenters. The van der Waals surface area contributed by atoms with Gasteiger partial charge >= 0.3 is 11.9 Å². The van der Waals surface area contributed by atoms with Gasteiger partial charge < -0.3 is 14.4 Å². The Kier molecular flexibility index (Phi) is 7.80. The van der Waals surface area contributed by atoms with E-state index in [1.807, 2.05) is 12.1 Å². The van der Waals surface area contributed by atoms with Crippen molar-refractivity contribution in [2.24, 2.45) is 7.05 Å². The minimum Gasteiger partial charge on any atom is -0.381 e. The third kappa shape index (κ3) is 5.60. The number of aromatic nitrogens is 5. The summed E-state index contributed by atoms with van der Waals surface area (Å²) >= 11 is 0. The number of fused-ring (bicyclic) bond motifs is 3. The van der Waals surface area contributed by atoms with Gasteiger partial charge in [0.05, 0.1) is 17.8 Å². The Bertz CT molecular complexity index is 1570. The lowest BCUT2D eigenvalue weighted by Gasteiger charge is -2.27. The maximum atomic E-state index is 13.9. The summed E-state index contributed by atoms with van der Waals surface area (Å²) in [6.07, 6.45) is -0.507. The van der Waals surface area contributed by atoms with Gasteiger partial charge in [-0.1, -0.05) is 18.6 Å². The minimum atomic E-state index is -4.58. The third-order valence-corrected chi connectivity index (χ3v) is 8.15. The summed E-state index contributed by atoms with van der Waals surface area (Å²) in [5.41, 5.74) is 2.85. The molecule has 0 amide bonds. The normalized spacial score (nSPS) is 18.3. The summed E-state index contributed by atoms with van der Waals surface area (Å²) in [4.78, 5) is 19.6. The van der Waals surface area contributed by atoms with Crippen LogP contribution in [0.3, 0.4) is 0 Å². The van der Waals surface area contributed by atoms with Crippen LogP contribution in [0.2, 0.25) is 0 Å². The Morgan fingerprint density at radius 1 is 1.05 bits per heavy atom. The summed E-state index contributed by atoms with van der Waals surface area (Å²) in [7, 11) is 1.68. The van der Waals surface area contributed by atoms with Gasteiger partial charge in [-0.2, -0.15) is 13.2 Å². The van der Waals surface area contributed by atoms with E-state index in [4.69, 9.17) is 9.47 Å². The fourth-order valence-corrected chi connectivity index (χ4v) is 5.92. The van der Waals surface area contributed by atoms with Gasteiger partial charge in [-0.25, -0.2) is 4.79 Å². The molecule has 1 aromatic carbocycles. The number of alkyl halides is 3. The highest BCUT2D eigenvalue weighted by Gasteiger charge is 2.43. The van der Waals surface area contributed by atoms with Gasteiger partial charge in [0.25, 0.3) is 0 Å². The molecule has 0 bridgehead atoms. The molecule has 41 heavy (non-hydrogen) atoms. The summed E-state index contributed by atoms with van der Waals surface area (Å²) in [6, 6.07) is 8.51. The van der Waals surface area contributed by atoms with Crippen molar-refractivity contribution in [1.29, 1.82) is 0 Å². The topological polar surface area (TPSA) is 87.3 Å². The van der Waals surface area contributed by atoms with E-state index in [0.717, 1.165) is 43.3 Å². The molecular formula is C29H33F3N6O3. The number of pyridine rings is 1. The van der Waals surface area contributed by atoms with Crippen LogP contribution in [0.25, 0.3) is 33.2 Å². The zero-order valence-electron chi connectivity index (χ0n) is 22.9. The molecule has 0 radical (unpaired) electrons. The predicted octanol–water partition coefficient (Wildman–Crippen LogP) is 4.80. The van der Waals surface area contributed by atoms with Gasteiger partial charge in [0, 0.05) is 50.0 Å². The fraction of sp³-hybridized carbons (Fsp3) is 0.517. The Labute approximate surface area is 234 Å². The fourth-order valence-electron chi connectivity index (χ4n) is 5.92. The predicted molar refractivity (Wildman–Crippen MR) is 148 cm³/mol. The number of imidazole rings is 1. The first-order chi connectivity index (χ1) is 19.8. The molecule has 0 N–H and O–H groups in total. The maximum Gasteiger partial charge on any atom is 0.420 e. The highest BCUT2D eigenvalue weighted by molar-refractivity contribution is 6.02. The van der Waals surface area contributed by atoms with E-state index >= 15 is 0 Å². The maximum absolute atomic E-state index is 13.9. The minimum absolute atomic E-state index is 0.0127. The number of rotatable bonds is 7. The molecule has 3 aromatic heterocycles. The summed E-state index contributed by atoms with van der Waals surface area (Å²) in [5.74, 6) is 0. The van der Waals surface area contributed by atoms with Crippen LogP contribution >= 0.6 is 0 Å². The molecule has 9 nitrogen and oxygen atoms in total. The molecule has 2 aliphatic heterocycles. The molecule has 2 saturated heterocycles. The number of aryl methyl sites for hydroxylation is 1. The van der Waals surface area contributed by atoms with Crippen molar-refractivity contribution in [3.05, 3.63) is 52.7 Å². The molecule has 5 heterocycles. The summed E-state index contributed by atoms with van der Waals surface area (Å²) in [6.45, 7) is 3.40. The smallest absolute Gasteiger partial charge is 0.381 e. The highest BCUT2D eigenvalue weighted by Crippen LogP contribution is 2.36. The Balaban J connectivity index is 1.30. The summed E-state index contributed by atoms with van der Waals surface area (Å²) in [5, 5.41) is 9.39. The van der Waals surface area contributed by atoms with Gasteiger partial charge in [0.2, 0.25) is 0 Å². The Hall–Kier alpha value is -3.35. The first-order valence-corrected chi connectivity index (χ1v) is 14.1. The molecule has 12 heteroatoms. The van der Waals surface area contributed by atoms with Crippen LogP contribution < -0.4 is 5.69 Å². The van der Waals surface area contributed by atoms with Crippen LogP contribution in [0.1, 0.15) is 49.9 Å². The van der Waals surface area contributed by atoms with Gasteiger partial charge in [0.1, 0.15) is 5.52 Å². The second-order valence-corrected chi connectivity index (χ2v) is 10.8. The SMILES string of the molecule is Cn1c(=O)n(C2CCOCC2)c2c3cc(-c4ccc(C(OCCN5CCCCC5)C(F)(F)F)nc4)ccc3nnc21. The van der Waals surface area contributed by atoms with Crippen LogP contribution in [0.4, 0.5) is 13.2 Å². The van der Waals surface area contributed by atoms with Crippen molar-refractivity contribution in [2.75, 3.05) is 39.5 Å². The van der Waals surface area contributed by atoms with E-state index in [2.05, 4.69) is 20.1 Å². The van der Waals surface area contributed by atoms with Crippen molar-refractivity contribution in [3.8, 4) is 11.1 Å². The van der Waals surface area contributed by atoms with Gasteiger partial charge in [-0.15, -0.1) is 10.2 Å². The quantitative estimate of drug-likeness (QED) is 0.315. The lowest BCUT2D eigenvalue weighted by molar-refractivity contribution is -0.225. The van der Waals surface area contributed by atoms with E-state index in [1.54, 1.807) is 23.7 Å². The highest BCUT2D eigenvalue weighted by atomic mass is 19.4. The largest absolute Gasteiger partial charge is 0.420 e. The standard InChI is InChI=1S/C29H33F3N6O3/c1-36-27-25(38(28(36)39)21-9-14-40-15-10-21)22-17-19(5-7-23(22)34-35-27)20-6-8-24(33-18-20)26(29(30,31)32)41-16-13-37-11-3-2-4-12-37/h5-8,17-18,21,26H,2-4,9-16H2,1H3. The lowest BCUT2D eigenvalue weighted by Crippen LogP contribution is -2.34. The van der Waals surface area contributed by atoms with Crippen LogP contribution in [0.5, 0.6) is 0 Å². The number of nitrogens with zero attached hydrogens (tertiary/aromatic N) is 6. The first-order valence-electron chi connectivity index (χ1n) is 14.1. The van der Waals surface area contributed by atoms with Crippen molar-refractivity contribution in [1.82, 2.24) is 29.2 Å². The molecule has 0 saturated carbocycles. The van der Waals surface area contributed by atoms with Crippen LogP contribution in [0.15, 0.2) is 41.3 Å². The van der Waals surface area contributed by atoms with Gasteiger partial charge in [-0.3, -0.25) is 14.1 Å². The van der Waals surface area contributed by atoms with E-state index in [1.165, 1.54) is 16.8 Å². The second-order valence-electron chi connectivity index (χ2n) is 10.8. The van der Waals surface area contributed by atoms with Crippen molar-refractivity contribution < 1.29 is 22.6 Å². The van der Waals surface area contributed by atoms with Crippen molar-refractivity contribution >= 4 is 22.1 Å². The first kappa shape index (κ1) is 27.8. The van der Waals surface area contributed by atoms with Crippen LogP contribution in [0, 0.1) is 0 Å². The van der Waals surface area contributed by atoms with Crippen LogP contribution in [-0.2, 0) is 16.5 Å². The second kappa shape index (κ2) is 11.5. The molecule has 2 aliphatic rings. The molecule has 4 aromatic rings. The van der Waals surface area contributed by atoms with E-state index in [-0.39, 0.29) is 24.0 Å². The van der Waals surface area contributed by atoms with Gasteiger partial charge in [-0.05, 0) is 62.5 Å². The lowest BCUT2D eigenvalue weighted by atomic mass is 10.0. The zero-order valence-corrected chi connectivity index (χ0v) is 22.9. The Morgan fingerprint density at radius 2 is 1.80 bits per heavy atom. The van der Waals surface area contributed by atoms with Crippen LogP contribution in [-0.4, -0.2) is 74.8 Å². The molecule has 6 rings (SSSR count). The zero-order chi connectivity index (χ0) is 28.6. The molecule has 2 fully saturated rings. The number of ether oxygens (including phenoxy) is 2. The summed E-state index contributed by atoms with van der Waals surface area (Å²) < 4.78 is 55.9. The number of likely N-dealkylation sites (tertiary alicyclic amines) is 1. The van der Waals surface area contributed by atoms with E-state index < -0.39 is 12.3 Å². The molecular weight excluding hydrogens is 537 g/mol. The number of piperidine rings is 1. The number of benzene rings is 1. The molecule has 1 atom stereocenters. The average molecular weight is 571 g/mol. The molecule has 0 spiro atoms. The monoisotopic (exact) mass is 570 g/mol.